The summed E-state index contributed by atoms with van der Waals surface area (Å²) in [5.41, 5.74) is 6.69. The zero-order valence-corrected chi connectivity index (χ0v) is 20.3. The molecule has 8 nitrogen and oxygen atoms in total. The van der Waals surface area contributed by atoms with Gasteiger partial charge in [-0.3, -0.25) is 9.59 Å². The molecule has 3 N–H and O–H groups in total. The number of carbonyl (C=O) groups is 2. The second-order valence-electron chi connectivity index (χ2n) is 9.14. The molecule has 36 heavy (non-hydrogen) atoms. The van der Waals surface area contributed by atoms with Crippen molar-refractivity contribution in [3.8, 4) is 16.9 Å². The topological polar surface area (TPSA) is 107 Å². The Morgan fingerprint density at radius 1 is 1.08 bits per heavy atom. The molecule has 1 aliphatic heterocycles. The fraction of sp³-hybridized carbons (Fsp3) is 0.296. The number of anilines is 1. The van der Waals surface area contributed by atoms with Gasteiger partial charge >= 0.3 is 0 Å². The standard InChI is InChI=1S/C27H29FN4O4/c1-27(2,17-31-25(33)20-7-10-24(29)30-16-20)36-21-8-9-23(28)22(15-21)18-3-5-19(6-4-18)26(34)32-11-13-35-14-12-32/h3-10,15-16H,11-14,17H2,1-2H3,(H2,29,30)(H,31,33). The van der Waals surface area contributed by atoms with E-state index >= 15 is 0 Å². The minimum absolute atomic E-state index is 0.0686. The molecule has 0 atom stereocenters. The van der Waals surface area contributed by atoms with Crippen LogP contribution in [0.2, 0.25) is 0 Å². The Morgan fingerprint density at radius 2 is 1.78 bits per heavy atom. The summed E-state index contributed by atoms with van der Waals surface area (Å²) in [5, 5.41) is 2.82. The molecular formula is C27H29FN4O4. The molecular weight excluding hydrogens is 463 g/mol. The van der Waals surface area contributed by atoms with Gasteiger partial charge in [0.25, 0.3) is 11.8 Å². The molecule has 3 aromatic rings. The van der Waals surface area contributed by atoms with Crippen LogP contribution in [0.25, 0.3) is 11.1 Å². The Kier molecular flexibility index (Phi) is 7.49. The Balaban J connectivity index is 1.42. The number of nitrogens with one attached hydrogen (secondary N) is 1. The summed E-state index contributed by atoms with van der Waals surface area (Å²) in [6.07, 6.45) is 1.41. The first-order valence-corrected chi connectivity index (χ1v) is 11.7. The van der Waals surface area contributed by atoms with Gasteiger partial charge in [-0.25, -0.2) is 9.37 Å². The maximum atomic E-state index is 14.7. The molecule has 2 amide bonds. The van der Waals surface area contributed by atoms with Crippen molar-refractivity contribution < 1.29 is 23.5 Å². The number of rotatable bonds is 7. The van der Waals surface area contributed by atoms with Crippen LogP contribution in [0.3, 0.4) is 0 Å². The van der Waals surface area contributed by atoms with Crippen molar-refractivity contribution in [3.63, 3.8) is 0 Å². The van der Waals surface area contributed by atoms with Gasteiger partial charge < -0.3 is 25.4 Å². The lowest BCUT2D eigenvalue weighted by Gasteiger charge is -2.27. The highest BCUT2D eigenvalue weighted by Crippen LogP contribution is 2.29. The van der Waals surface area contributed by atoms with Crippen LogP contribution in [-0.4, -0.2) is 60.1 Å². The second kappa shape index (κ2) is 10.7. The molecule has 0 radical (unpaired) electrons. The normalized spacial score (nSPS) is 13.8. The summed E-state index contributed by atoms with van der Waals surface area (Å²) in [6.45, 7) is 6.03. The molecule has 188 valence electrons. The predicted molar refractivity (Wildman–Crippen MR) is 134 cm³/mol. The van der Waals surface area contributed by atoms with E-state index in [1.54, 1.807) is 53.4 Å². The van der Waals surface area contributed by atoms with Crippen LogP contribution < -0.4 is 15.8 Å². The molecule has 1 fully saturated rings. The van der Waals surface area contributed by atoms with E-state index in [1.165, 1.54) is 12.3 Å². The van der Waals surface area contributed by atoms with E-state index in [9.17, 15) is 14.0 Å². The summed E-state index contributed by atoms with van der Waals surface area (Å²) in [6, 6.07) is 14.5. The molecule has 0 saturated carbocycles. The number of hydrogen-bond donors (Lipinski definition) is 2. The van der Waals surface area contributed by atoms with E-state index in [2.05, 4.69) is 10.3 Å². The molecule has 0 bridgehead atoms. The number of halogens is 1. The third kappa shape index (κ3) is 6.17. The van der Waals surface area contributed by atoms with Gasteiger partial charge in [-0.2, -0.15) is 0 Å². The van der Waals surface area contributed by atoms with Crippen LogP contribution in [0.5, 0.6) is 5.75 Å². The lowest BCUT2D eigenvalue weighted by molar-refractivity contribution is 0.0303. The molecule has 2 heterocycles. The molecule has 4 rings (SSSR count). The number of pyridine rings is 1. The monoisotopic (exact) mass is 492 g/mol. The lowest BCUT2D eigenvalue weighted by atomic mass is 10.0. The van der Waals surface area contributed by atoms with Crippen molar-refractivity contribution in [2.45, 2.75) is 19.4 Å². The van der Waals surface area contributed by atoms with E-state index in [1.807, 2.05) is 13.8 Å². The van der Waals surface area contributed by atoms with E-state index in [0.29, 0.717) is 60.1 Å². The Hall–Kier alpha value is -3.98. The Labute approximate surface area is 209 Å². The number of morpholine rings is 1. The fourth-order valence-electron chi connectivity index (χ4n) is 3.82. The fourth-order valence-corrected chi connectivity index (χ4v) is 3.82. The minimum atomic E-state index is -0.777. The summed E-state index contributed by atoms with van der Waals surface area (Å²) < 4.78 is 26.1. The highest BCUT2D eigenvalue weighted by molar-refractivity contribution is 5.95. The highest BCUT2D eigenvalue weighted by atomic mass is 19.1. The number of ether oxygens (including phenoxy) is 2. The summed E-state index contributed by atoms with van der Waals surface area (Å²) >= 11 is 0. The molecule has 1 aliphatic rings. The van der Waals surface area contributed by atoms with Gasteiger partial charge in [-0.15, -0.1) is 0 Å². The van der Waals surface area contributed by atoms with Crippen LogP contribution in [0.15, 0.2) is 60.8 Å². The maximum Gasteiger partial charge on any atom is 0.254 e. The van der Waals surface area contributed by atoms with Gasteiger partial charge in [-0.1, -0.05) is 12.1 Å². The number of amides is 2. The van der Waals surface area contributed by atoms with E-state index in [-0.39, 0.29) is 18.4 Å². The van der Waals surface area contributed by atoms with Crippen molar-refractivity contribution >= 4 is 17.6 Å². The smallest absolute Gasteiger partial charge is 0.254 e. The SMILES string of the molecule is CC(C)(CNC(=O)c1ccc(N)nc1)Oc1ccc(F)c(-c2ccc(C(=O)N3CCOCC3)cc2)c1. The highest BCUT2D eigenvalue weighted by Gasteiger charge is 2.23. The first kappa shape index (κ1) is 25.1. The van der Waals surface area contributed by atoms with Gasteiger partial charge in [-0.05, 0) is 61.9 Å². The molecule has 1 aromatic heterocycles. The average molecular weight is 493 g/mol. The molecule has 0 spiro atoms. The van der Waals surface area contributed by atoms with Crippen LogP contribution >= 0.6 is 0 Å². The maximum absolute atomic E-state index is 14.7. The molecule has 2 aromatic carbocycles. The van der Waals surface area contributed by atoms with E-state index in [4.69, 9.17) is 15.2 Å². The summed E-state index contributed by atoms with van der Waals surface area (Å²) in [7, 11) is 0. The largest absolute Gasteiger partial charge is 0.486 e. The first-order valence-electron chi connectivity index (χ1n) is 11.7. The van der Waals surface area contributed by atoms with Gasteiger partial charge in [0.1, 0.15) is 23.0 Å². The zero-order valence-electron chi connectivity index (χ0n) is 20.3. The average Bonchev–Trinajstić information content (AvgIpc) is 2.89. The van der Waals surface area contributed by atoms with E-state index < -0.39 is 11.4 Å². The van der Waals surface area contributed by atoms with Gasteiger partial charge in [0.2, 0.25) is 0 Å². The van der Waals surface area contributed by atoms with E-state index in [0.717, 1.165) is 0 Å². The van der Waals surface area contributed by atoms with Crippen molar-refractivity contribution in [1.82, 2.24) is 15.2 Å². The number of hydrogen-bond acceptors (Lipinski definition) is 6. The third-order valence-electron chi connectivity index (χ3n) is 5.80. The van der Waals surface area contributed by atoms with Crippen LogP contribution in [0, 0.1) is 5.82 Å². The van der Waals surface area contributed by atoms with Gasteiger partial charge in [0, 0.05) is 30.4 Å². The van der Waals surface area contributed by atoms with Crippen LogP contribution in [0.1, 0.15) is 34.6 Å². The third-order valence-corrected chi connectivity index (χ3v) is 5.80. The number of aromatic nitrogens is 1. The number of nitrogen functional groups attached to an aromatic ring is 1. The summed E-state index contributed by atoms with van der Waals surface area (Å²) in [5.74, 6) is 0.0112. The molecule has 0 aliphatic carbocycles. The first-order chi connectivity index (χ1) is 17.2. The number of nitrogens with zero attached hydrogens (tertiary/aromatic N) is 2. The van der Waals surface area contributed by atoms with Crippen LogP contribution in [-0.2, 0) is 4.74 Å². The molecule has 1 saturated heterocycles. The van der Waals surface area contributed by atoms with Crippen LogP contribution in [0.4, 0.5) is 10.2 Å². The zero-order chi connectivity index (χ0) is 25.7. The number of carbonyl (C=O) groups excluding carboxylic acids is 2. The Bertz CT molecular complexity index is 1220. The quantitative estimate of drug-likeness (QED) is 0.523. The van der Waals surface area contributed by atoms with Gasteiger partial charge in [0.05, 0.1) is 25.3 Å². The summed E-state index contributed by atoms with van der Waals surface area (Å²) in [4.78, 5) is 30.7. The van der Waals surface area contributed by atoms with Crippen molar-refractivity contribution in [3.05, 3.63) is 77.7 Å². The number of benzene rings is 2. The van der Waals surface area contributed by atoms with Crippen molar-refractivity contribution in [2.24, 2.45) is 0 Å². The predicted octanol–water partition coefficient (Wildman–Crippen LogP) is 3.53. The number of nitrogens with two attached hydrogens (primary N) is 1. The molecule has 0 unspecified atom stereocenters. The second-order valence-corrected chi connectivity index (χ2v) is 9.14. The van der Waals surface area contributed by atoms with Crippen molar-refractivity contribution in [2.75, 3.05) is 38.6 Å². The minimum Gasteiger partial charge on any atom is -0.486 e. The lowest BCUT2D eigenvalue weighted by Crippen LogP contribution is -2.42. The molecule has 9 heteroatoms. The van der Waals surface area contributed by atoms with Crippen molar-refractivity contribution in [1.29, 1.82) is 0 Å². The van der Waals surface area contributed by atoms with Gasteiger partial charge in [0.15, 0.2) is 0 Å². The Morgan fingerprint density at radius 3 is 2.44 bits per heavy atom.